The van der Waals surface area contributed by atoms with Crippen LogP contribution in [0.2, 0.25) is 0 Å². The van der Waals surface area contributed by atoms with Crippen molar-refractivity contribution in [2.75, 3.05) is 26.3 Å². The van der Waals surface area contributed by atoms with Crippen LogP contribution in [-0.4, -0.2) is 55.2 Å². The van der Waals surface area contributed by atoms with E-state index < -0.39 is 21.2 Å². The van der Waals surface area contributed by atoms with Crippen molar-refractivity contribution in [3.05, 3.63) is 24.5 Å². The normalized spacial score (nSPS) is 29.8. The number of aromatic nitrogens is 1. The molecule has 1 aromatic heterocycles. The van der Waals surface area contributed by atoms with Crippen molar-refractivity contribution < 1.29 is 17.9 Å². The first-order valence-electron chi connectivity index (χ1n) is 7.01. The summed E-state index contributed by atoms with van der Waals surface area (Å²) in [6.07, 6.45) is 3.67. The molecule has 1 spiro atoms. The summed E-state index contributed by atoms with van der Waals surface area (Å²) in [6.45, 7) is 5.53. The van der Waals surface area contributed by atoms with Crippen LogP contribution in [0.4, 0.5) is 0 Å². The maximum atomic E-state index is 12.8. The van der Waals surface area contributed by atoms with Gasteiger partial charge in [-0.25, -0.2) is 8.42 Å². The van der Waals surface area contributed by atoms with E-state index in [0.717, 1.165) is 6.42 Å². The van der Waals surface area contributed by atoms with Gasteiger partial charge in [0.05, 0.1) is 12.2 Å². The summed E-state index contributed by atoms with van der Waals surface area (Å²) in [6, 6.07) is 3.20. The standard InChI is InChI=1S/C14H20N2O4S/c1-13(2)9-16(10-14(20-13)5-7-19-11-14)21(17,18)12-4-3-6-15-8-12/h3-4,6,8H,5,7,9-11H2,1-2H3. The zero-order valence-corrected chi connectivity index (χ0v) is 13.1. The number of hydrogen-bond donors (Lipinski definition) is 0. The second kappa shape index (κ2) is 5.01. The first-order chi connectivity index (χ1) is 9.83. The van der Waals surface area contributed by atoms with E-state index in [1.54, 1.807) is 18.3 Å². The Labute approximate surface area is 125 Å². The van der Waals surface area contributed by atoms with Crippen LogP contribution in [0.5, 0.6) is 0 Å². The molecule has 0 amide bonds. The summed E-state index contributed by atoms with van der Waals surface area (Å²) in [7, 11) is -3.56. The van der Waals surface area contributed by atoms with Gasteiger partial charge in [-0.15, -0.1) is 0 Å². The molecule has 7 heteroatoms. The van der Waals surface area contributed by atoms with Gasteiger partial charge < -0.3 is 9.47 Å². The molecule has 1 atom stereocenters. The van der Waals surface area contributed by atoms with Gasteiger partial charge in [0.1, 0.15) is 10.5 Å². The van der Waals surface area contributed by atoms with Gasteiger partial charge in [0.15, 0.2) is 0 Å². The molecular formula is C14H20N2O4S. The lowest BCUT2D eigenvalue weighted by Gasteiger charge is -2.47. The molecule has 0 bridgehead atoms. The molecule has 0 saturated carbocycles. The molecule has 1 aromatic rings. The lowest BCUT2D eigenvalue weighted by molar-refractivity contribution is -0.180. The Hall–Kier alpha value is -1.02. The van der Waals surface area contributed by atoms with Crippen molar-refractivity contribution in [2.24, 2.45) is 0 Å². The second-order valence-electron chi connectivity index (χ2n) is 6.31. The number of pyridine rings is 1. The van der Waals surface area contributed by atoms with Gasteiger partial charge in [-0.3, -0.25) is 4.98 Å². The van der Waals surface area contributed by atoms with Crippen LogP contribution in [0.3, 0.4) is 0 Å². The zero-order valence-electron chi connectivity index (χ0n) is 12.3. The Morgan fingerprint density at radius 3 is 2.76 bits per heavy atom. The van der Waals surface area contributed by atoms with Crippen molar-refractivity contribution in [3.63, 3.8) is 0 Å². The van der Waals surface area contributed by atoms with E-state index >= 15 is 0 Å². The maximum absolute atomic E-state index is 12.8. The minimum Gasteiger partial charge on any atom is -0.378 e. The Bertz CT molecular complexity index is 609. The molecule has 6 nitrogen and oxygen atoms in total. The second-order valence-corrected chi connectivity index (χ2v) is 8.25. The van der Waals surface area contributed by atoms with E-state index in [9.17, 15) is 8.42 Å². The fourth-order valence-corrected chi connectivity index (χ4v) is 4.69. The summed E-state index contributed by atoms with van der Waals surface area (Å²) in [5.41, 5.74) is -1.07. The van der Waals surface area contributed by atoms with Gasteiger partial charge in [-0.2, -0.15) is 4.31 Å². The van der Waals surface area contributed by atoms with Crippen molar-refractivity contribution in [1.29, 1.82) is 0 Å². The molecule has 2 saturated heterocycles. The minimum atomic E-state index is -3.56. The van der Waals surface area contributed by atoms with Gasteiger partial charge in [0, 0.05) is 38.5 Å². The molecule has 21 heavy (non-hydrogen) atoms. The topological polar surface area (TPSA) is 68.7 Å². The van der Waals surface area contributed by atoms with Crippen LogP contribution in [-0.2, 0) is 19.5 Å². The van der Waals surface area contributed by atoms with E-state index in [1.165, 1.54) is 10.5 Å². The third-order valence-electron chi connectivity index (χ3n) is 3.85. The molecule has 116 valence electrons. The van der Waals surface area contributed by atoms with Gasteiger partial charge >= 0.3 is 0 Å². The average molecular weight is 312 g/mol. The number of sulfonamides is 1. The first-order valence-corrected chi connectivity index (χ1v) is 8.45. The van der Waals surface area contributed by atoms with Crippen LogP contribution in [0.1, 0.15) is 20.3 Å². The van der Waals surface area contributed by atoms with Gasteiger partial charge in [-0.05, 0) is 26.0 Å². The molecule has 2 aliphatic heterocycles. The number of morpholine rings is 1. The molecule has 0 aromatic carbocycles. The molecule has 0 aliphatic carbocycles. The fraction of sp³-hybridized carbons (Fsp3) is 0.643. The molecule has 0 radical (unpaired) electrons. The number of nitrogens with zero attached hydrogens (tertiary/aromatic N) is 2. The number of rotatable bonds is 2. The van der Waals surface area contributed by atoms with E-state index in [1.807, 2.05) is 13.8 Å². The Kier molecular flexibility index (Phi) is 3.56. The van der Waals surface area contributed by atoms with E-state index in [0.29, 0.717) is 26.3 Å². The summed E-state index contributed by atoms with van der Waals surface area (Å²) < 4.78 is 38.7. The molecule has 2 fully saturated rings. The molecular weight excluding hydrogens is 292 g/mol. The Balaban J connectivity index is 1.94. The van der Waals surface area contributed by atoms with E-state index in [2.05, 4.69) is 4.98 Å². The van der Waals surface area contributed by atoms with Crippen LogP contribution >= 0.6 is 0 Å². The largest absolute Gasteiger partial charge is 0.378 e. The predicted octanol–water partition coefficient (Wildman–Crippen LogP) is 1.04. The first kappa shape index (κ1) is 14.9. The molecule has 3 heterocycles. The maximum Gasteiger partial charge on any atom is 0.244 e. The highest BCUT2D eigenvalue weighted by Crippen LogP contribution is 2.36. The van der Waals surface area contributed by atoms with Crippen molar-refractivity contribution in [3.8, 4) is 0 Å². The van der Waals surface area contributed by atoms with Gasteiger partial charge in [0.2, 0.25) is 10.0 Å². The quantitative estimate of drug-likeness (QED) is 0.816. The Morgan fingerprint density at radius 1 is 1.33 bits per heavy atom. The predicted molar refractivity (Wildman–Crippen MR) is 76.3 cm³/mol. The smallest absolute Gasteiger partial charge is 0.244 e. The Morgan fingerprint density at radius 2 is 2.14 bits per heavy atom. The van der Waals surface area contributed by atoms with E-state index in [4.69, 9.17) is 9.47 Å². The summed E-state index contributed by atoms with van der Waals surface area (Å²) in [5, 5.41) is 0. The average Bonchev–Trinajstić information content (AvgIpc) is 2.85. The zero-order chi connectivity index (χ0) is 15.1. The van der Waals surface area contributed by atoms with E-state index in [-0.39, 0.29) is 4.90 Å². The number of hydrogen-bond acceptors (Lipinski definition) is 5. The van der Waals surface area contributed by atoms with Crippen LogP contribution < -0.4 is 0 Å². The van der Waals surface area contributed by atoms with Crippen molar-refractivity contribution in [2.45, 2.75) is 36.4 Å². The highest BCUT2D eigenvalue weighted by Gasteiger charge is 2.49. The summed E-state index contributed by atoms with van der Waals surface area (Å²) >= 11 is 0. The molecule has 3 rings (SSSR count). The van der Waals surface area contributed by atoms with Crippen LogP contribution in [0.25, 0.3) is 0 Å². The highest BCUT2D eigenvalue weighted by atomic mass is 32.2. The lowest BCUT2D eigenvalue weighted by atomic mass is 9.97. The van der Waals surface area contributed by atoms with Crippen molar-refractivity contribution in [1.82, 2.24) is 9.29 Å². The van der Waals surface area contributed by atoms with Gasteiger partial charge in [0.25, 0.3) is 0 Å². The van der Waals surface area contributed by atoms with Crippen molar-refractivity contribution >= 4 is 10.0 Å². The monoisotopic (exact) mass is 312 g/mol. The van der Waals surface area contributed by atoms with Crippen LogP contribution in [0, 0.1) is 0 Å². The third kappa shape index (κ3) is 2.83. The number of ether oxygens (including phenoxy) is 2. The minimum absolute atomic E-state index is 0.219. The highest BCUT2D eigenvalue weighted by molar-refractivity contribution is 7.89. The molecule has 2 aliphatic rings. The summed E-state index contributed by atoms with van der Waals surface area (Å²) in [5.74, 6) is 0. The fourth-order valence-electron chi connectivity index (χ4n) is 3.07. The molecule has 1 unspecified atom stereocenters. The summed E-state index contributed by atoms with van der Waals surface area (Å²) in [4.78, 5) is 4.13. The lowest BCUT2D eigenvalue weighted by Crippen LogP contribution is -2.61. The third-order valence-corrected chi connectivity index (χ3v) is 5.63. The SMILES string of the molecule is CC1(C)CN(S(=O)(=O)c2cccnc2)CC2(CCOC2)O1. The van der Waals surface area contributed by atoms with Gasteiger partial charge in [-0.1, -0.05) is 0 Å². The van der Waals surface area contributed by atoms with Crippen LogP contribution in [0.15, 0.2) is 29.4 Å². The molecule has 0 N–H and O–H groups in total.